The van der Waals surface area contributed by atoms with Crippen LogP contribution in [0.4, 0.5) is 11.6 Å². The van der Waals surface area contributed by atoms with Crippen LogP contribution in [-0.4, -0.2) is 52.6 Å². The Labute approximate surface area is 134 Å². The number of hydrogen-bond donors (Lipinski definition) is 1. The topological polar surface area (TPSA) is 89.2 Å². The van der Waals surface area contributed by atoms with Gasteiger partial charge in [0.2, 0.25) is 11.3 Å². The maximum atomic E-state index is 5.28. The quantitative estimate of drug-likeness (QED) is 0.865. The summed E-state index contributed by atoms with van der Waals surface area (Å²) >= 11 is 0. The zero-order chi connectivity index (χ0) is 15.6. The van der Waals surface area contributed by atoms with E-state index in [2.05, 4.69) is 25.5 Å². The van der Waals surface area contributed by atoms with Crippen molar-refractivity contribution >= 4 is 22.9 Å². The molecule has 2 aromatic heterocycles. The smallest absolute Gasteiger partial charge is 0.245 e. The van der Waals surface area contributed by atoms with E-state index in [0.717, 1.165) is 37.6 Å². The van der Waals surface area contributed by atoms with Crippen molar-refractivity contribution in [1.82, 2.24) is 20.3 Å². The first-order chi connectivity index (χ1) is 11.3. The number of fused-ring (bicyclic) bond motifs is 1. The fraction of sp³-hybridized carbons (Fsp3) is 0.733. The molecule has 2 fully saturated rings. The van der Waals surface area contributed by atoms with Crippen LogP contribution in [0.2, 0.25) is 0 Å². The van der Waals surface area contributed by atoms with Crippen molar-refractivity contribution < 1.29 is 9.37 Å². The summed E-state index contributed by atoms with van der Waals surface area (Å²) in [6.45, 7) is 1.74. The SMILES string of the molecule is COCC[C@H]1CCCCN1c1nc2nonc2nc1NC1CC1. The molecule has 0 amide bonds. The average molecular weight is 318 g/mol. The van der Waals surface area contributed by atoms with Crippen LogP contribution in [-0.2, 0) is 4.74 Å². The number of methoxy groups -OCH3 is 1. The molecule has 2 aromatic rings. The number of piperidine rings is 1. The van der Waals surface area contributed by atoms with Crippen LogP contribution < -0.4 is 10.2 Å². The van der Waals surface area contributed by atoms with Crippen molar-refractivity contribution in [2.24, 2.45) is 0 Å². The maximum Gasteiger partial charge on any atom is 0.245 e. The lowest BCUT2D eigenvalue weighted by Crippen LogP contribution is -2.41. The largest absolute Gasteiger partial charge is 0.385 e. The molecule has 1 saturated carbocycles. The van der Waals surface area contributed by atoms with E-state index >= 15 is 0 Å². The predicted octanol–water partition coefficient (Wildman–Crippen LogP) is 1.98. The number of ether oxygens (including phenoxy) is 1. The molecule has 0 spiro atoms. The van der Waals surface area contributed by atoms with Gasteiger partial charge in [0.1, 0.15) is 0 Å². The van der Waals surface area contributed by atoms with Crippen molar-refractivity contribution in [3.8, 4) is 0 Å². The van der Waals surface area contributed by atoms with E-state index in [0.29, 0.717) is 23.4 Å². The molecule has 1 atom stereocenters. The lowest BCUT2D eigenvalue weighted by Gasteiger charge is -2.37. The zero-order valence-electron chi connectivity index (χ0n) is 13.4. The third-order valence-corrected chi connectivity index (χ3v) is 4.57. The number of nitrogens with one attached hydrogen (secondary N) is 1. The summed E-state index contributed by atoms with van der Waals surface area (Å²) in [5.74, 6) is 1.68. The lowest BCUT2D eigenvalue weighted by atomic mass is 9.99. The standard InChI is InChI=1S/C15H22N6O2/c1-22-9-7-11-4-2-3-8-21(11)15-14(16-10-5-6-10)17-12-13(18-15)20-23-19-12/h10-11H,2-9H2,1H3,(H,16,17,19)/t11-/m1/s1. The molecule has 2 aliphatic rings. The van der Waals surface area contributed by atoms with Crippen LogP contribution >= 0.6 is 0 Å². The Morgan fingerprint density at radius 2 is 2.00 bits per heavy atom. The summed E-state index contributed by atoms with van der Waals surface area (Å²) in [6.07, 6.45) is 6.94. The summed E-state index contributed by atoms with van der Waals surface area (Å²) in [5, 5.41) is 11.2. The van der Waals surface area contributed by atoms with Gasteiger partial charge in [-0.1, -0.05) is 0 Å². The second kappa shape index (κ2) is 6.27. The van der Waals surface area contributed by atoms with Gasteiger partial charge in [0, 0.05) is 32.3 Å². The minimum absolute atomic E-state index is 0.426. The highest BCUT2D eigenvalue weighted by molar-refractivity contribution is 5.74. The van der Waals surface area contributed by atoms with Crippen LogP contribution in [0.5, 0.6) is 0 Å². The first kappa shape index (κ1) is 14.6. The van der Waals surface area contributed by atoms with Crippen molar-refractivity contribution in [2.45, 2.75) is 50.6 Å². The number of rotatable bonds is 6. The summed E-state index contributed by atoms with van der Waals surface area (Å²) < 4.78 is 10.1. The van der Waals surface area contributed by atoms with E-state index in [1.54, 1.807) is 7.11 Å². The summed E-state index contributed by atoms with van der Waals surface area (Å²) in [5.41, 5.74) is 0.930. The molecular weight excluding hydrogens is 296 g/mol. The van der Waals surface area contributed by atoms with Crippen LogP contribution in [0.1, 0.15) is 38.5 Å². The van der Waals surface area contributed by atoms with Crippen molar-refractivity contribution in [1.29, 1.82) is 0 Å². The van der Waals surface area contributed by atoms with E-state index < -0.39 is 0 Å². The average Bonchev–Trinajstić information content (AvgIpc) is 3.27. The van der Waals surface area contributed by atoms with Gasteiger partial charge in [-0.25, -0.2) is 14.6 Å². The summed E-state index contributed by atoms with van der Waals surface area (Å²) in [4.78, 5) is 11.6. The molecule has 4 rings (SSSR count). The van der Waals surface area contributed by atoms with Gasteiger partial charge in [-0.05, 0) is 48.8 Å². The molecule has 1 aliphatic heterocycles. The molecule has 1 aliphatic carbocycles. The highest BCUT2D eigenvalue weighted by Crippen LogP contribution is 2.33. The fourth-order valence-electron chi connectivity index (χ4n) is 3.18. The lowest BCUT2D eigenvalue weighted by molar-refractivity contribution is 0.182. The zero-order valence-corrected chi connectivity index (χ0v) is 13.4. The Morgan fingerprint density at radius 1 is 1.17 bits per heavy atom. The number of anilines is 2. The van der Waals surface area contributed by atoms with E-state index in [1.807, 2.05) is 0 Å². The Hall–Kier alpha value is -1.96. The molecule has 8 heteroatoms. The predicted molar refractivity (Wildman–Crippen MR) is 85.5 cm³/mol. The monoisotopic (exact) mass is 318 g/mol. The highest BCUT2D eigenvalue weighted by atomic mass is 16.6. The second-order valence-corrected chi connectivity index (χ2v) is 6.35. The van der Waals surface area contributed by atoms with E-state index in [4.69, 9.17) is 14.3 Å². The van der Waals surface area contributed by atoms with Crippen molar-refractivity contribution in [3.63, 3.8) is 0 Å². The van der Waals surface area contributed by atoms with Gasteiger partial charge >= 0.3 is 0 Å². The minimum Gasteiger partial charge on any atom is -0.385 e. The maximum absolute atomic E-state index is 5.28. The molecule has 0 aromatic carbocycles. The Kier molecular flexibility index (Phi) is 3.99. The molecule has 124 valence electrons. The van der Waals surface area contributed by atoms with Crippen LogP contribution in [0, 0.1) is 0 Å². The van der Waals surface area contributed by atoms with E-state index in [9.17, 15) is 0 Å². The van der Waals surface area contributed by atoms with Gasteiger partial charge in [0.25, 0.3) is 0 Å². The number of nitrogens with zero attached hydrogens (tertiary/aromatic N) is 5. The van der Waals surface area contributed by atoms with Gasteiger partial charge < -0.3 is 15.0 Å². The van der Waals surface area contributed by atoms with Gasteiger partial charge in [-0.15, -0.1) is 0 Å². The van der Waals surface area contributed by atoms with Crippen LogP contribution in [0.3, 0.4) is 0 Å². The molecule has 0 radical (unpaired) electrons. The van der Waals surface area contributed by atoms with Gasteiger partial charge in [-0.3, -0.25) is 0 Å². The highest BCUT2D eigenvalue weighted by Gasteiger charge is 2.30. The Morgan fingerprint density at radius 3 is 2.78 bits per heavy atom. The third kappa shape index (κ3) is 3.08. The van der Waals surface area contributed by atoms with E-state index in [-0.39, 0.29) is 0 Å². The van der Waals surface area contributed by atoms with Gasteiger partial charge in [-0.2, -0.15) is 0 Å². The van der Waals surface area contributed by atoms with Crippen LogP contribution in [0.25, 0.3) is 11.3 Å². The van der Waals surface area contributed by atoms with Gasteiger partial charge in [0.15, 0.2) is 11.6 Å². The van der Waals surface area contributed by atoms with E-state index in [1.165, 1.54) is 25.7 Å². The third-order valence-electron chi connectivity index (χ3n) is 4.57. The molecule has 8 nitrogen and oxygen atoms in total. The molecule has 1 saturated heterocycles. The molecule has 0 unspecified atom stereocenters. The first-order valence-corrected chi connectivity index (χ1v) is 8.37. The van der Waals surface area contributed by atoms with Crippen molar-refractivity contribution in [3.05, 3.63) is 0 Å². The Bertz CT molecular complexity index is 671. The molecular formula is C15H22N6O2. The minimum atomic E-state index is 0.426. The molecule has 3 heterocycles. The summed E-state index contributed by atoms with van der Waals surface area (Å²) in [7, 11) is 1.75. The number of hydrogen-bond acceptors (Lipinski definition) is 8. The van der Waals surface area contributed by atoms with Crippen LogP contribution in [0.15, 0.2) is 4.63 Å². The number of aromatic nitrogens is 4. The van der Waals surface area contributed by atoms with Crippen molar-refractivity contribution in [2.75, 3.05) is 30.5 Å². The summed E-state index contributed by atoms with van der Waals surface area (Å²) in [6, 6.07) is 0.928. The normalized spacial score (nSPS) is 21.8. The second-order valence-electron chi connectivity index (χ2n) is 6.35. The molecule has 0 bridgehead atoms. The first-order valence-electron chi connectivity index (χ1n) is 8.37. The molecule has 23 heavy (non-hydrogen) atoms. The fourth-order valence-corrected chi connectivity index (χ4v) is 3.18. The van der Waals surface area contributed by atoms with Gasteiger partial charge in [0.05, 0.1) is 0 Å². The molecule has 1 N–H and O–H groups in total. The Balaban J connectivity index is 1.68.